The summed E-state index contributed by atoms with van der Waals surface area (Å²) in [6, 6.07) is 4.85. The van der Waals surface area contributed by atoms with Crippen LogP contribution in [0.25, 0.3) is 0 Å². The number of hydrogen-bond donors (Lipinski definition) is 1. The molecule has 0 aliphatic carbocycles. The van der Waals surface area contributed by atoms with E-state index in [1.165, 1.54) is 17.8 Å². The van der Waals surface area contributed by atoms with E-state index in [1.54, 1.807) is 0 Å². The van der Waals surface area contributed by atoms with Crippen LogP contribution in [-0.2, 0) is 0 Å². The number of rotatable bonds is 3. The molecule has 1 unspecified atom stereocenters. The lowest BCUT2D eigenvalue weighted by Gasteiger charge is -2.02. The van der Waals surface area contributed by atoms with E-state index in [1.807, 2.05) is 6.07 Å². The minimum Gasteiger partial charge on any atom is -0.315 e. The van der Waals surface area contributed by atoms with Crippen LogP contribution < -0.4 is 5.73 Å². The van der Waals surface area contributed by atoms with Crippen molar-refractivity contribution in [3.8, 4) is 6.07 Å². The van der Waals surface area contributed by atoms with Crippen molar-refractivity contribution < 1.29 is 8.78 Å². The summed E-state index contributed by atoms with van der Waals surface area (Å²) in [6.07, 6.45) is 0. The SMILES string of the molecule is N#CC(N)CSc1ccc(F)c(F)c1. The highest BCUT2D eigenvalue weighted by Gasteiger charge is 2.05. The highest BCUT2D eigenvalue weighted by Crippen LogP contribution is 2.20. The fourth-order valence-electron chi connectivity index (χ4n) is 0.790. The van der Waals surface area contributed by atoms with Gasteiger partial charge in [0.05, 0.1) is 6.07 Å². The summed E-state index contributed by atoms with van der Waals surface area (Å²) in [4.78, 5) is 0.564. The maximum absolute atomic E-state index is 12.7. The number of nitrogens with two attached hydrogens (primary N) is 1. The van der Waals surface area contributed by atoms with Gasteiger partial charge in [0.25, 0.3) is 0 Å². The van der Waals surface area contributed by atoms with Gasteiger partial charge in [0.1, 0.15) is 6.04 Å². The number of halogens is 2. The second-order valence-corrected chi connectivity index (χ2v) is 3.72. The van der Waals surface area contributed by atoms with Gasteiger partial charge in [-0.1, -0.05) is 0 Å². The third-order valence-electron chi connectivity index (χ3n) is 1.49. The molecule has 0 fully saturated rings. The molecule has 0 aliphatic rings. The quantitative estimate of drug-likeness (QED) is 0.782. The zero-order valence-corrected chi connectivity index (χ0v) is 8.02. The Kier molecular flexibility index (Phi) is 3.86. The Hall–Kier alpha value is -1.12. The second kappa shape index (κ2) is 4.94. The first-order valence-corrected chi connectivity index (χ1v) is 4.85. The molecule has 74 valence electrons. The maximum Gasteiger partial charge on any atom is 0.159 e. The van der Waals surface area contributed by atoms with E-state index in [-0.39, 0.29) is 0 Å². The van der Waals surface area contributed by atoms with Crippen molar-refractivity contribution in [2.45, 2.75) is 10.9 Å². The molecule has 0 spiro atoms. The largest absolute Gasteiger partial charge is 0.315 e. The summed E-state index contributed by atoms with van der Waals surface area (Å²) in [6.45, 7) is 0. The van der Waals surface area contributed by atoms with Gasteiger partial charge in [-0.3, -0.25) is 0 Å². The van der Waals surface area contributed by atoms with E-state index in [0.29, 0.717) is 10.6 Å². The Morgan fingerprint density at radius 2 is 2.14 bits per heavy atom. The summed E-state index contributed by atoms with van der Waals surface area (Å²) in [5.74, 6) is -1.40. The monoisotopic (exact) mass is 214 g/mol. The van der Waals surface area contributed by atoms with E-state index in [4.69, 9.17) is 11.0 Å². The Morgan fingerprint density at radius 3 is 2.71 bits per heavy atom. The lowest BCUT2D eigenvalue weighted by molar-refractivity contribution is 0.506. The summed E-state index contributed by atoms with van der Waals surface area (Å²) in [5, 5.41) is 8.39. The molecule has 2 nitrogen and oxygen atoms in total. The molecule has 0 heterocycles. The molecule has 1 aromatic rings. The van der Waals surface area contributed by atoms with E-state index < -0.39 is 17.7 Å². The number of nitriles is 1. The van der Waals surface area contributed by atoms with Crippen LogP contribution >= 0.6 is 11.8 Å². The number of hydrogen-bond acceptors (Lipinski definition) is 3. The topological polar surface area (TPSA) is 49.8 Å². The van der Waals surface area contributed by atoms with Gasteiger partial charge < -0.3 is 5.73 Å². The predicted molar refractivity (Wildman–Crippen MR) is 50.7 cm³/mol. The van der Waals surface area contributed by atoms with Crippen molar-refractivity contribution >= 4 is 11.8 Å². The van der Waals surface area contributed by atoms with Crippen molar-refractivity contribution in [1.29, 1.82) is 5.26 Å². The van der Waals surface area contributed by atoms with Crippen LogP contribution in [-0.4, -0.2) is 11.8 Å². The Labute approximate surface area is 84.7 Å². The summed E-state index contributed by atoms with van der Waals surface area (Å²) >= 11 is 1.22. The van der Waals surface area contributed by atoms with Crippen LogP contribution in [0.15, 0.2) is 23.1 Å². The van der Waals surface area contributed by atoms with Crippen LogP contribution in [0.4, 0.5) is 8.78 Å². The summed E-state index contributed by atoms with van der Waals surface area (Å²) in [7, 11) is 0. The van der Waals surface area contributed by atoms with Gasteiger partial charge in [-0.25, -0.2) is 8.78 Å². The molecular formula is C9H8F2N2S. The van der Waals surface area contributed by atoms with Crippen molar-refractivity contribution in [3.05, 3.63) is 29.8 Å². The van der Waals surface area contributed by atoms with Gasteiger partial charge in [0.2, 0.25) is 0 Å². The van der Waals surface area contributed by atoms with E-state index in [9.17, 15) is 8.78 Å². The van der Waals surface area contributed by atoms with Gasteiger partial charge in [-0.15, -0.1) is 11.8 Å². The van der Waals surface area contributed by atoms with Gasteiger partial charge in [-0.05, 0) is 18.2 Å². The third-order valence-corrected chi connectivity index (χ3v) is 2.60. The van der Waals surface area contributed by atoms with Crippen molar-refractivity contribution in [2.24, 2.45) is 5.73 Å². The molecule has 1 rings (SSSR count). The molecule has 0 bridgehead atoms. The number of nitrogens with zero attached hydrogens (tertiary/aromatic N) is 1. The van der Waals surface area contributed by atoms with Crippen LogP contribution in [0.5, 0.6) is 0 Å². The molecule has 14 heavy (non-hydrogen) atoms. The molecule has 0 aromatic heterocycles. The maximum atomic E-state index is 12.7. The summed E-state index contributed by atoms with van der Waals surface area (Å²) < 4.78 is 25.2. The van der Waals surface area contributed by atoms with E-state index in [0.717, 1.165) is 12.1 Å². The third kappa shape index (κ3) is 2.98. The van der Waals surface area contributed by atoms with Gasteiger partial charge in [0.15, 0.2) is 11.6 Å². The van der Waals surface area contributed by atoms with Crippen LogP contribution in [0.1, 0.15) is 0 Å². The average molecular weight is 214 g/mol. The van der Waals surface area contributed by atoms with Crippen molar-refractivity contribution in [3.63, 3.8) is 0 Å². The minimum absolute atomic E-state index is 0.363. The van der Waals surface area contributed by atoms with Gasteiger partial charge in [0, 0.05) is 10.6 Å². The molecule has 5 heteroatoms. The van der Waals surface area contributed by atoms with Crippen molar-refractivity contribution in [1.82, 2.24) is 0 Å². The van der Waals surface area contributed by atoms with Gasteiger partial charge >= 0.3 is 0 Å². The minimum atomic E-state index is -0.888. The lowest BCUT2D eigenvalue weighted by Crippen LogP contribution is -2.19. The molecule has 0 saturated carbocycles. The highest BCUT2D eigenvalue weighted by molar-refractivity contribution is 7.99. The van der Waals surface area contributed by atoms with E-state index >= 15 is 0 Å². The molecule has 0 radical (unpaired) electrons. The molecule has 1 aromatic carbocycles. The van der Waals surface area contributed by atoms with Crippen LogP contribution in [0.3, 0.4) is 0 Å². The fraction of sp³-hybridized carbons (Fsp3) is 0.222. The van der Waals surface area contributed by atoms with Crippen molar-refractivity contribution in [2.75, 3.05) is 5.75 Å². The molecule has 1 atom stereocenters. The molecule has 0 saturated heterocycles. The smallest absolute Gasteiger partial charge is 0.159 e. The highest BCUT2D eigenvalue weighted by atomic mass is 32.2. The molecule has 2 N–H and O–H groups in total. The molecule has 0 aliphatic heterocycles. The summed E-state index contributed by atoms with van der Waals surface area (Å²) in [5.41, 5.74) is 5.34. The first kappa shape index (κ1) is 11.0. The second-order valence-electron chi connectivity index (χ2n) is 2.62. The molecule has 0 amide bonds. The Balaban J connectivity index is 2.61. The number of thioether (sulfide) groups is 1. The molecular weight excluding hydrogens is 206 g/mol. The Bertz CT molecular complexity index is 362. The van der Waals surface area contributed by atoms with Gasteiger partial charge in [-0.2, -0.15) is 5.26 Å². The van der Waals surface area contributed by atoms with Crippen LogP contribution in [0.2, 0.25) is 0 Å². The van der Waals surface area contributed by atoms with Crippen LogP contribution in [0, 0.1) is 23.0 Å². The zero-order chi connectivity index (χ0) is 10.6. The standard InChI is InChI=1S/C9H8F2N2S/c10-8-2-1-7(3-9(8)11)14-5-6(13)4-12/h1-3,6H,5,13H2. The first-order valence-electron chi connectivity index (χ1n) is 3.86. The fourth-order valence-corrected chi connectivity index (χ4v) is 1.59. The van der Waals surface area contributed by atoms with E-state index in [2.05, 4.69) is 0 Å². The normalized spacial score (nSPS) is 12.1. The lowest BCUT2D eigenvalue weighted by atomic mass is 10.3. The zero-order valence-electron chi connectivity index (χ0n) is 7.21. The Morgan fingerprint density at radius 1 is 1.43 bits per heavy atom. The average Bonchev–Trinajstić information content (AvgIpc) is 2.19. The number of benzene rings is 1. The predicted octanol–water partition coefficient (Wildman–Crippen LogP) is 1.91. The first-order chi connectivity index (χ1) is 6.63.